The van der Waals surface area contributed by atoms with Gasteiger partial charge in [0.15, 0.2) is 0 Å². The van der Waals surface area contributed by atoms with Crippen LogP contribution in [0.3, 0.4) is 0 Å². The van der Waals surface area contributed by atoms with Gasteiger partial charge in [-0.25, -0.2) is 0 Å². The van der Waals surface area contributed by atoms with Crippen LogP contribution >= 0.6 is 0 Å². The highest BCUT2D eigenvalue weighted by Crippen LogP contribution is 2.34. The number of carbonyl (C=O) groups is 1. The fraction of sp³-hybridized carbons (Fsp3) is 0.533. The van der Waals surface area contributed by atoms with Gasteiger partial charge in [0.1, 0.15) is 0 Å². The van der Waals surface area contributed by atoms with Gasteiger partial charge in [0.2, 0.25) is 6.41 Å². The summed E-state index contributed by atoms with van der Waals surface area (Å²) < 4.78 is 5.42. The maximum absolute atomic E-state index is 11.1. The van der Waals surface area contributed by atoms with E-state index < -0.39 is 0 Å². The Morgan fingerprint density at radius 1 is 1.26 bits per heavy atom. The average Bonchev–Trinajstić information content (AvgIpc) is 2.48. The average molecular weight is 260 g/mol. The van der Waals surface area contributed by atoms with Gasteiger partial charge < -0.3 is 14.5 Å². The lowest BCUT2D eigenvalue weighted by Crippen LogP contribution is -2.39. The van der Waals surface area contributed by atoms with Gasteiger partial charge in [-0.05, 0) is 30.5 Å². The van der Waals surface area contributed by atoms with E-state index in [0.717, 1.165) is 45.7 Å². The van der Waals surface area contributed by atoms with Crippen molar-refractivity contribution in [2.75, 3.05) is 37.7 Å². The van der Waals surface area contributed by atoms with Crippen molar-refractivity contribution in [2.24, 2.45) is 0 Å². The summed E-state index contributed by atoms with van der Waals surface area (Å²) >= 11 is 0. The molecule has 2 aliphatic rings. The van der Waals surface area contributed by atoms with Gasteiger partial charge in [0.25, 0.3) is 0 Å². The Morgan fingerprint density at radius 3 is 2.79 bits per heavy atom. The molecule has 0 radical (unpaired) electrons. The van der Waals surface area contributed by atoms with Crippen LogP contribution in [0.25, 0.3) is 0 Å². The van der Waals surface area contributed by atoms with Crippen molar-refractivity contribution >= 4 is 12.1 Å². The molecule has 19 heavy (non-hydrogen) atoms. The Labute approximate surface area is 113 Å². The molecule has 4 heteroatoms. The second-order valence-corrected chi connectivity index (χ2v) is 5.21. The van der Waals surface area contributed by atoms with Gasteiger partial charge in [0.05, 0.1) is 19.3 Å². The summed E-state index contributed by atoms with van der Waals surface area (Å²) in [6.45, 7) is 6.46. The first-order valence-electron chi connectivity index (χ1n) is 6.97. The number of anilines is 1. The number of fused-ring (bicyclic) bond motifs is 1. The zero-order chi connectivity index (χ0) is 13.2. The summed E-state index contributed by atoms with van der Waals surface area (Å²) in [5.74, 6) is 0. The van der Waals surface area contributed by atoms with E-state index in [9.17, 15) is 4.79 Å². The fourth-order valence-corrected chi connectivity index (χ4v) is 3.11. The molecule has 1 fully saturated rings. The first kappa shape index (κ1) is 12.5. The maximum atomic E-state index is 11.1. The van der Waals surface area contributed by atoms with Crippen molar-refractivity contribution < 1.29 is 9.53 Å². The first-order valence-corrected chi connectivity index (χ1v) is 6.97. The Morgan fingerprint density at radius 2 is 2.05 bits per heavy atom. The molecule has 1 amide bonds. The van der Waals surface area contributed by atoms with Gasteiger partial charge in [-0.3, -0.25) is 4.79 Å². The van der Waals surface area contributed by atoms with Crippen molar-refractivity contribution in [1.82, 2.24) is 4.90 Å². The summed E-state index contributed by atoms with van der Waals surface area (Å²) in [7, 11) is 0. The third-order valence-corrected chi connectivity index (χ3v) is 4.24. The molecule has 1 saturated heterocycles. The van der Waals surface area contributed by atoms with Gasteiger partial charge in [-0.2, -0.15) is 0 Å². The molecule has 2 heterocycles. The number of rotatable bonds is 2. The van der Waals surface area contributed by atoms with Gasteiger partial charge in [-0.15, -0.1) is 0 Å². The van der Waals surface area contributed by atoms with E-state index in [2.05, 4.69) is 30.0 Å². The lowest BCUT2D eigenvalue weighted by Gasteiger charge is -2.37. The number of benzene rings is 1. The van der Waals surface area contributed by atoms with Crippen LogP contribution in [0.1, 0.15) is 24.1 Å². The van der Waals surface area contributed by atoms with Crippen LogP contribution in [-0.2, 0) is 16.0 Å². The summed E-state index contributed by atoms with van der Waals surface area (Å²) in [5, 5.41) is 0. The zero-order valence-corrected chi connectivity index (χ0v) is 11.3. The molecule has 1 atom stereocenters. The molecule has 4 nitrogen and oxygen atoms in total. The quantitative estimate of drug-likeness (QED) is 0.757. The molecule has 2 aliphatic heterocycles. The van der Waals surface area contributed by atoms with Crippen LogP contribution in [0, 0.1) is 0 Å². The van der Waals surface area contributed by atoms with E-state index >= 15 is 0 Å². The van der Waals surface area contributed by atoms with Crippen LogP contribution < -0.4 is 4.90 Å². The number of ether oxygens (including phenoxy) is 1. The molecule has 1 aromatic carbocycles. The lowest BCUT2D eigenvalue weighted by atomic mass is 9.92. The third kappa shape index (κ3) is 2.21. The molecule has 0 N–H and O–H groups in total. The molecule has 0 aliphatic carbocycles. The molecule has 3 rings (SSSR count). The molecule has 0 aromatic heterocycles. The first-order chi connectivity index (χ1) is 9.31. The lowest BCUT2D eigenvalue weighted by molar-refractivity contribution is -0.120. The Bertz CT molecular complexity index is 469. The van der Waals surface area contributed by atoms with Crippen LogP contribution in [0.2, 0.25) is 0 Å². The summed E-state index contributed by atoms with van der Waals surface area (Å²) in [5.41, 5.74) is 4.04. The molecule has 1 aromatic rings. The Kier molecular flexibility index (Phi) is 3.42. The minimum Gasteiger partial charge on any atom is -0.378 e. The van der Waals surface area contributed by atoms with E-state index in [1.165, 1.54) is 16.8 Å². The molecule has 0 bridgehead atoms. The number of hydrogen-bond acceptors (Lipinski definition) is 3. The summed E-state index contributed by atoms with van der Waals surface area (Å²) in [6, 6.07) is 6.64. The minimum atomic E-state index is 0.183. The van der Waals surface area contributed by atoms with Crippen LogP contribution in [0.15, 0.2) is 18.2 Å². The number of hydrogen-bond donors (Lipinski definition) is 0. The topological polar surface area (TPSA) is 32.8 Å². The van der Waals surface area contributed by atoms with Crippen molar-refractivity contribution in [3.05, 3.63) is 29.3 Å². The molecule has 0 saturated carbocycles. The second kappa shape index (κ2) is 5.21. The zero-order valence-electron chi connectivity index (χ0n) is 11.3. The molecular weight excluding hydrogens is 240 g/mol. The van der Waals surface area contributed by atoms with E-state index in [4.69, 9.17) is 4.74 Å². The predicted molar refractivity (Wildman–Crippen MR) is 74.4 cm³/mol. The highest BCUT2D eigenvalue weighted by Gasteiger charge is 2.26. The minimum absolute atomic E-state index is 0.183. The maximum Gasteiger partial charge on any atom is 0.210 e. The number of morpholine rings is 1. The largest absolute Gasteiger partial charge is 0.378 e. The van der Waals surface area contributed by atoms with E-state index in [-0.39, 0.29) is 6.04 Å². The fourth-order valence-electron chi connectivity index (χ4n) is 3.11. The number of carbonyl (C=O) groups excluding carboxylic acids is 1. The van der Waals surface area contributed by atoms with Gasteiger partial charge in [-0.1, -0.05) is 12.1 Å². The van der Waals surface area contributed by atoms with Crippen LogP contribution in [0.4, 0.5) is 5.69 Å². The summed E-state index contributed by atoms with van der Waals surface area (Å²) in [4.78, 5) is 15.4. The van der Waals surface area contributed by atoms with Crippen LogP contribution in [0.5, 0.6) is 0 Å². The van der Waals surface area contributed by atoms with E-state index in [1.807, 2.05) is 4.90 Å². The third-order valence-electron chi connectivity index (χ3n) is 4.24. The van der Waals surface area contributed by atoms with Crippen LogP contribution in [-0.4, -0.2) is 44.2 Å². The van der Waals surface area contributed by atoms with Crippen molar-refractivity contribution in [3.8, 4) is 0 Å². The smallest absolute Gasteiger partial charge is 0.210 e. The Hall–Kier alpha value is -1.55. The summed E-state index contributed by atoms with van der Waals surface area (Å²) in [6.07, 6.45) is 1.92. The highest BCUT2D eigenvalue weighted by molar-refractivity contribution is 5.61. The number of amides is 1. The Balaban J connectivity index is 1.95. The van der Waals surface area contributed by atoms with Crippen molar-refractivity contribution in [2.45, 2.75) is 19.4 Å². The highest BCUT2D eigenvalue weighted by atomic mass is 16.5. The molecule has 102 valence electrons. The molecule has 0 spiro atoms. The monoisotopic (exact) mass is 260 g/mol. The standard InChI is InChI=1S/C15H20N2O2/c1-12-13-3-2-4-15(16-7-9-19-10-8-16)14(13)5-6-17(12)11-18/h2-4,11-12H,5-10H2,1H3. The van der Waals surface area contributed by atoms with E-state index in [0.29, 0.717) is 0 Å². The molecular formula is C15H20N2O2. The normalized spacial score (nSPS) is 23.1. The second-order valence-electron chi connectivity index (χ2n) is 5.21. The van der Waals surface area contributed by atoms with Crippen molar-refractivity contribution in [3.63, 3.8) is 0 Å². The van der Waals surface area contributed by atoms with Gasteiger partial charge in [0, 0.05) is 25.3 Å². The van der Waals surface area contributed by atoms with Crippen molar-refractivity contribution in [1.29, 1.82) is 0 Å². The predicted octanol–water partition coefficient (Wildman–Crippen LogP) is 1.60. The number of nitrogens with zero attached hydrogens (tertiary/aromatic N) is 2. The SMILES string of the molecule is CC1c2cccc(N3CCOCC3)c2CCN1C=O. The van der Waals surface area contributed by atoms with E-state index in [1.54, 1.807) is 0 Å². The molecule has 1 unspecified atom stereocenters. The van der Waals surface area contributed by atoms with Gasteiger partial charge >= 0.3 is 0 Å².